The van der Waals surface area contributed by atoms with E-state index in [1.54, 1.807) is 42.5 Å². The van der Waals surface area contributed by atoms with E-state index in [2.05, 4.69) is 6.58 Å². The third kappa shape index (κ3) is 2.91. The van der Waals surface area contributed by atoms with Crippen molar-refractivity contribution in [3.63, 3.8) is 0 Å². The molecule has 0 amide bonds. The number of nitrogens with zero attached hydrogens (tertiary/aromatic N) is 1. The van der Waals surface area contributed by atoms with Gasteiger partial charge in [0, 0.05) is 0 Å². The van der Waals surface area contributed by atoms with Gasteiger partial charge in [-0.1, -0.05) is 36.4 Å². The second-order valence-electron chi connectivity index (χ2n) is 4.48. The summed E-state index contributed by atoms with van der Waals surface area (Å²) in [7, 11) is -3.57. The first kappa shape index (κ1) is 14.3. The molecule has 0 spiro atoms. The van der Waals surface area contributed by atoms with E-state index in [0.29, 0.717) is 5.69 Å². The fourth-order valence-electron chi connectivity index (χ4n) is 1.96. The van der Waals surface area contributed by atoms with Gasteiger partial charge in [0.2, 0.25) is 0 Å². The molecule has 0 saturated heterocycles. The fraction of sp³-hybridized carbons (Fsp3) is 0.125. The first-order valence-electron chi connectivity index (χ1n) is 6.31. The molecule has 104 valence electrons. The predicted octanol–water partition coefficient (Wildman–Crippen LogP) is 3.38. The summed E-state index contributed by atoms with van der Waals surface area (Å²) in [6.45, 7) is 5.82. The summed E-state index contributed by atoms with van der Waals surface area (Å²) < 4.78 is 26.8. The zero-order valence-electron chi connectivity index (χ0n) is 11.4. The number of sulfonamides is 1. The summed E-state index contributed by atoms with van der Waals surface area (Å²) in [5.41, 5.74) is 1.66. The smallest absolute Gasteiger partial charge is 0.263 e. The average molecular weight is 287 g/mol. The van der Waals surface area contributed by atoms with Crippen molar-refractivity contribution in [1.82, 2.24) is 0 Å². The fourth-order valence-corrected chi connectivity index (χ4v) is 3.41. The van der Waals surface area contributed by atoms with Gasteiger partial charge < -0.3 is 0 Å². The summed E-state index contributed by atoms with van der Waals surface area (Å²) in [5.74, 6) is 0. The van der Waals surface area contributed by atoms with Crippen LogP contribution >= 0.6 is 0 Å². The first-order chi connectivity index (χ1) is 9.55. The SMILES string of the molecule is C=CCN(c1cccc(C)c1)S(=O)(=O)c1ccccc1. The minimum absolute atomic E-state index is 0.237. The van der Waals surface area contributed by atoms with Crippen LogP contribution in [0.4, 0.5) is 5.69 Å². The van der Waals surface area contributed by atoms with Gasteiger partial charge >= 0.3 is 0 Å². The Morgan fingerprint density at radius 2 is 1.80 bits per heavy atom. The van der Waals surface area contributed by atoms with Crippen molar-refractivity contribution in [3.8, 4) is 0 Å². The highest BCUT2D eigenvalue weighted by Crippen LogP contribution is 2.24. The molecule has 0 N–H and O–H groups in total. The van der Waals surface area contributed by atoms with E-state index < -0.39 is 10.0 Å². The molecular formula is C16H17NO2S. The van der Waals surface area contributed by atoms with Crippen LogP contribution in [0.15, 0.2) is 72.1 Å². The van der Waals surface area contributed by atoms with Gasteiger partial charge in [-0.2, -0.15) is 0 Å². The van der Waals surface area contributed by atoms with E-state index in [4.69, 9.17) is 0 Å². The zero-order chi connectivity index (χ0) is 14.6. The van der Waals surface area contributed by atoms with E-state index >= 15 is 0 Å². The molecular weight excluding hydrogens is 270 g/mol. The Morgan fingerprint density at radius 3 is 2.40 bits per heavy atom. The molecule has 0 saturated carbocycles. The van der Waals surface area contributed by atoms with Gasteiger partial charge in [0.05, 0.1) is 17.1 Å². The van der Waals surface area contributed by atoms with Gasteiger partial charge in [-0.3, -0.25) is 4.31 Å². The van der Waals surface area contributed by atoms with Crippen molar-refractivity contribution in [2.75, 3.05) is 10.8 Å². The lowest BCUT2D eigenvalue weighted by atomic mass is 10.2. The third-order valence-corrected chi connectivity index (χ3v) is 4.72. The van der Waals surface area contributed by atoms with E-state index in [-0.39, 0.29) is 11.4 Å². The summed E-state index contributed by atoms with van der Waals surface area (Å²) >= 11 is 0. The molecule has 2 aromatic rings. The van der Waals surface area contributed by atoms with Crippen LogP contribution in [0.1, 0.15) is 5.56 Å². The van der Waals surface area contributed by atoms with Crippen molar-refractivity contribution in [2.45, 2.75) is 11.8 Å². The molecule has 0 heterocycles. The van der Waals surface area contributed by atoms with Crippen molar-refractivity contribution >= 4 is 15.7 Å². The molecule has 0 aliphatic heterocycles. The van der Waals surface area contributed by atoms with Crippen LogP contribution in [0, 0.1) is 6.92 Å². The maximum atomic E-state index is 12.7. The monoisotopic (exact) mass is 287 g/mol. The summed E-state index contributed by atoms with van der Waals surface area (Å²) in [5, 5.41) is 0. The Labute approximate surface area is 120 Å². The van der Waals surface area contributed by atoms with E-state index in [1.165, 1.54) is 4.31 Å². The highest BCUT2D eigenvalue weighted by molar-refractivity contribution is 7.92. The molecule has 3 nitrogen and oxygen atoms in total. The Morgan fingerprint density at radius 1 is 1.10 bits per heavy atom. The van der Waals surface area contributed by atoms with Crippen LogP contribution in [0.2, 0.25) is 0 Å². The molecule has 0 aliphatic carbocycles. The van der Waals surface area contributed by atoms with E-state index in [0.717, 1.165) is 5.56 Å². The second kappa shape index (κ2) is 5.92. The molecule has 0 unspecified atom stereocenters. The van der Waals surface area contributed by atoms with Gasteiger partial charge in [-0.05, 0) is 36.8 Å². The third-order valence-electron chi connectivity index (χ3n) is 2.92. The lowest BCUT2D eigenvalue weighted by Gasteiger charge is -2.23. The molecule has 0 aromatic heterocycles. The number of anilines is 1. The molecule has 0 bridgehead atoms. The Bertz CT molecular complexity index is 693. The highest BCUT2D eigenvalue weighted by Gasteiger charge is 2.23. The predicted molar refractivity (Wildman–Crippen MR) is 82.3 cm³/mol. The Balaban J connectivity index is 2.51. The van der Waals surface area contributed by atoms with Crippen LogP contribution in [0.25, 0.3) is 0 Å². The van der Waals surface area contributed by atoms with E-state index in [1.807, 2.05) is 25.1 Å². The molecule has 0 fully saturated rings. The lowest BCUT2D eigenvalue weighted by Crippen LogP contribution is -2.31. The van der Waals surface area contributed by atoms with Crippen LogP contribution < -0.4 is 4.31 Å². The van der Waals surface area contributed by atoms with Gasteiger partial charge in [0.1, 0.15) is 0 Å². The molecule has 0 aliphatic rings. The first-order valence-corrected chi connectivity index (χ1v) is 7.75. The van der Waals surface area contributed by atoms with Crippen molar-refractivity contribution < 1.29 is 8.42 Å². The van der Waals surface area contributed by atoms with Crippen LogP contribution in [0.5, 0.6) is 0 Å². The summed E-state index contributed by atoms with van der Waals surface area (Å²) in [6.07, 6.45) is 1.59. The van der Waals surface area contributed by atoms with Gasteiger partial charge in [-0.25, -0.2) is 8.42 Å². The number of hydrogen-bond donors (Lipinski definition) is 0. The van der Waals surface area contributed by atoms with Crippen molar-refractivity contribution in [3.05, 3.63) is 72.8 Å². The minimum Gasteiger partial charge on any atom is -0.263 e. The molecule has 4 heteroatoms. The van der Waals surface area contributed by atoms with Crippen LogP contribution in [-0.2, 0) is 10.0 Å². The Hall–Kier alpha value is -2.07. The van der Waals surface area contributed by atoms with Gasteiger partial charge in [0.25, 0.3) is 10.0 Å². The summed E-state index contributed by atoms with van der Waals surface area (Å²) in [4.78, 5) is 0.281. The van der Waals surface area contributed by atoms with E-state index in [9.17, 15) is 8.42 Å². The Kier molecular flexibility index (Phi) is 4.25. The largest absolute Gasteiger partial charge is 0.264 e. The number of benzene rings is 2. The number of rotatable bonds is 5. The lowest BCUT2D eigenvalue weighted by molar-refractivity contribution is 0.593. The number of hydrogen-bond acceptors (Lipinski definition) is 2. The molecule has 20 heavy (non-hydrogen) atoms. The zero-order valence-corrected chi connectivity index (χ0v) is 12.2. The molecule has 2 rings (SSSR count). The minimum atomic E-state index is -3.57. The quantitative estimate of drug-likeness (QED) is 0.791. The molecule has 0 radical (unpaired) electrons. The second-order valence-corrected chi connectivity index (χ2v) is 6.34. The van der Waals surface area contributed by atoms with Crippen molar-refractivity contribution in [1.29, 1.82) is 0 Å². The van der Waals surface area contributed by atoms with Gasteiger partial charge in [-0.15, -0.1) is 6.58 Å². The standard InChI is InChI=1S/C16H17NO2S/c1-3-12-17(15-9-7-8-14(2)13-15)20(18,19)16-10-5-4-6-11-16/h3-11,13H,1,12H2,2H3. The van der Waals surface area contributed by atoms with Crippen molar-refractivity contribution in [2.24, 2.45) is 0 Å². The van der Waals surface area contributed by atoms with Gasteiger partial charge in [0.15, 0.2) is 0 Å². The number of aryl methyl sites for hydroxylation is 1. The summed E-state index contributed by atoms with van der Waals surface area (Å²) in [6, 6.07) is 15.9. The topological polar surface area (TPSA) is 37.4 Å². The normalized spacial score (nSPS) is 11.1. The highest BCUT2D eigenvalue weighted by atomic mass is 32.2. The van der Waals surface area contributed by atoms with Crippen LogP contribution in [0.3, 0.4) is 0 Å². The maximum absolute atomic E-state index is 12.7. The molecule has 0 atom stereocenters. The molecule has 2 aromatic carbocycles. The maximum Gasteiger partial charge on any atom is 0.264 e. The average Bonchev–Trinajstić information content (AvgIpc) is 2.45. The van der Waals surface area contributed by atoms with Crippen LogP contribution in [-0.4, -0.2) is 15.0 Å².